The van der Waals surface area contributed by atoms with Crippen molar-refractivity contribution in [3.8, 4) is 22.5 Å². The molecule has 0 atom stereocenters. The summed E-state index contributed by atoms with van der Waals surface area (Å²) >= 11 is 0. The molecule has 214 valence electrons. The number of H-pyrrole nitrogens is 1. The molecule has 10 nitrogen and oxygen atoms in total. The van der Waals surface area contributed by atoms with E-state index in [2.05, 4.69) is 79.5 Å². The van der Waals surface area contributed by atoms with Crippen LogP contribution in [0.2, 0.25) is 0 Å². The van der Waals surface area contributed by atoms with Crippen LogP contribution in [0.15, 0.2) is 78.9 Å². The van der Waals surface area contributed by atoms with E-state index in [0.717, 1.165) is 59.0 Å². The standard InChI is InChI=1S/C32H34N8O2/c1-3-4-14-29-33-32-28(20-38(25-10-6-5-7-11-25)22-39(32)21-30(41)42-2)40(29)19-23-15-17-24(18-16-23)26-12-8-9-13-27(26)31-34-36-37-35-31/h5-13,15-18H,3-4,14,19-22H2,1-2H3,(H,34,35,36,37). The molecule has 0 aliphatic carbocycles. The quantitative estimate of drug-likeness (QED) is 0.235. The van der Waals surface area contributed by atoms with Gasteiger partial charge in [-0.1, -0.05) is 80.1 Å². The number of nitrogens with one attached hydrogen (secondary N) is 1. The summed E-state index contributed by atoms with van der Waals surface area (Å²) in [5.41, 5.74) is 6.48. The molecule has 2 aromatic heterocycles. The number of hydrogen-bond acceptors (Lipinski definition) is 8. The van der Waals surface area contributed by atoms with Crippen molar-refractivity contribution in [2.45, 2.75) is 39.3 Å². The Morgan fingerprint density at radius 1 is 0.976 bits per heavy atom. The molecule has 3 heterocycles. The number of aryl methyl sites for hydroxylation is 1. The fraction of sp³-hybridized carbons (Fsp3) is 0.281. The molecular weight excluding hydrogens is 528 g/mol. The predicted molar refractivity (Wildman–Crippen MR) is 162 cm³/mol. The maximum Gasteiger partial charge on any atom is 0.325 e. The molecule has 0 spiro atoms. The smallest absolute Gasteiger partial charge is 0.325 e. The van der Waals surface area contributed by atoms with E-state index in [1.54, 1.807) is 0 Å². The summed E-state index contributed by atoms with van der Waals surface area (Å²) in [5.74, 6) is 2.26. The molecule has 0 fully saturated rings. The SMILES string of the molecule is CCCCc1nc2c(n1Cc1ccc(-c3ccccc3-c3nnn[nH]3)cc1)CN(c1ccccc1)CN2CC(=O)OC. The number of aromatic nitrogens is 6. The molecule has 1 aliphatic rings. The van der Waals surface area contributed by atoms with E-state index in [1.165, 1.54) is 12.7 Å². The summed E-state index contributed by atoms with van der Waals surface area (Å²) in [6.45, 7) is 4.28. The highest BCUT2D eigenvalue weighted by atomic mass is 16.5. The Bertz CT molecular complexity index is 1630. The van der Waals surface area contributed by atoms with Gasteiger partial charge < -0.3 is 19.1 Å². The van der Waals surface area contributed by atoms with Crippen molar-refractivity contribution < 1.29 is 9.53 Å². The lowest BCUT2D eigenvalue weighted by Crippen LogP contribution is -2.45. The first-order chi connectivity index (χ1) is 20.6. The summed E-state index contributed by atoms with van der Waals surface area (Å²) in [6.07, 6.45) is 2.99. The van der Waals surface area contributed by atoms with E-state index < -0.39 is 0 Å². The highest BCUT2D eigenvalue weighted by Gasteiger charge is 2.31. The van der Waals surface area contributed by atoms with Crippen LogP contribution >= 0.6 is 0 Å². The molecule has 10 heteroatoms. The van der Waals surface area contributed by atoms with Gasteiger partial charge in [0.05, 0.1) is 26.0 Å². The first-order valence-corrected chi connectivity index (χ1v) is 14.3. The lowest BCUT2D eigenvalue weighted by atomic mass is 9.98. The van der Waals surface area contributed by atoms with Gasteiger partial charge in [0.15, 0.2) is 11.6 Å². The maximum absolute atomic E-state index is 12.4. The molecule has 0 radical (unpaired) electrons. The molecule has 3 aromatic carbocycles. The van der Waals surface area contributed by atoms with Crippen LogP contribution < -0.4 is 9.80 Å². The van der Waals surface area contributed by atoms with E-state index >= 15 is 0 Å². The number of para-hydroxylation sites is 1. The number of rotatable bonds is 10. The van der Waals surface area contributed by atoms with Crippen LogP contribution in [0.1, 0.15) is 36.8 Å². The zero-order valence-electron chi connectivity index (χ0n) is 23.9. The van der Waals surface area contributed by atoms with Gasteiger partial charge in [-0.05, 0) is 45.7 Å². The third-order valence-corrected chi connectivity index (χ3v) is 7.67. The van der Waals surface area contributed by atoms with Crippen LogP contribution in [-0.2, 0) is 29.0 Å². The summed E-state index contributed by atoms with van der Waals surface area (Å²) in [7, 11) is 1.43. The Balaban J connectivity index is 1.35. The van der Waals surface area contributed by atoms with E-state index in [-0.39, 0.29) is 12.5 Å². The lowest BCUT2D eigenvalue weighted by molar-refractivity contribution is -0.139. The molecule has 0 unspecified atom stereocenters. The Morgan fingerprint density at radius 2 is 1.74 bits per heavy atom. The van der Waals surface area contributed by atoms with Gasteiger partial charge in [-0.25, -0.2) is 10.1 Å². The number of carbonyl (C=O) groups is 1. The van der Waals surface area contributed by atoms with Gasteiger partial charge in [-0.3, -0.25) is 4.79 Å². The number of nitrogens with zero attached hydrogens (tertiary/aromatic N) is 7. The van der Waals surface area contributed by atoms with Crippen molar-refractivity contribution in [3.05, 3.63) is 95.9 Å². The van der Waals surface area contributed by atoms with Gasteiger partial charge in [0.1, 0.15) is 12.4 Å². The molecule has 6 rings (SSSR count). The second kappa shape index (κ2) is 12.3. The van der Waals surface area contributed by atoms with Gasteiger partial charge >= 0.3 is 5.97 Å². The third kappa shape index (κ3) is 5.60. The van der Waals surface area contributed by atoms with E-state index in [1.807, 2.05) is 41.3 Å². The Hall–Kier alpha value is -4.99. The largest absolute Gasteiger partial charge is 0.468 e. The maximum atomic E-state index is 12.4. The number of carbonyl (C=O) groups excluding carboxylic acids is 1. The van der Waals surface area contributed by atoms with Crippen molar-refractivity contribution in [1.29, 1.82) is 0 Å². The lowest BCUT2D eigenvalue weighted by Gasteiger charge is -2.37. The van der Waals surface area contributed by atoms with Gasteiger partial charge in [0.25, 0.3) is 0 Å². The number of esters is 1. The zero-order valence-corrected chi connectivity index (χ0v) is 23.9. The number of benzene rings is 3. The number of fused-ring (bicyclic) bond motifs is 1. The summed E-state index contributed by atoms with van der Waals surface area (Å²) in [4.78, 5) is 21.8. The van der Waals surface area contributed by atoms with Crippen LogP contribution in [0, 0.1) is 0 Å². The molecule has 0 saturated heterocycles. The number of methoxy groups -OCH3 is 1. The molecule has 0 bridgehead atoms. The average Bonchev–Trinajstić information content (AvgIpc) is 3.70. The summed E-state index contributed by atoms with van der Waals surface area (Å²) < 4.78 is 7.38. The normalized spacial score (nSPS) is 12.8. The number of ether oxygens (including phenoxy) is 1. The monoisotopic (exact) mass is 562 g/mol. The van der Waals surface area contributed by atoms with Crippen molar-refractivity contribution in [3.63, 3.8) is 0 Å². The van der Waals surface area contributed by atoms with Crippen molar-refractivity contribution in [2.75, 3.05) is 30.1 Å². The highest BCUT2D eigenvalue weighted by Crippen LogP contribution is 2.33. The Labute approximate surface area is 245 Å². The fourth-order valence-corrected chi connectivity index (χ4v) is 5.49. The van der Waals surface area contributed by atoms with Crippen LogP contribution in [0.4, 0.5) is 11.5 Å². The minimum absolute atomic E-state index is 0.145. The minimum Gasteiger partial charge on any atom is -0.468 e. The minimum atomic E-state index is -0.280. The van der Waals surface area contributed by atoms with Crippen molar-refractivity contribution >= 4 is 17.5 Å². The van der Waals surface area contributed by atoms with Gasteiger partial charge in [-0.2, -0.15) is 0 Å². The van der Waals surface area contributed by atoms with Crippen LogP contribution in [0.25, 0.3) is 22.5 Å². The number of imidazole rings is 1. The first kappa shape index (κ1) is 27.2. The van der Waals surface area contributed by atoms with Crippen molar-refractivity contribution in [2.24, 2.45) is 0 Å². The highest BCUT2D eigenvalue weighted by molar-refractivity contribution is 5.80. The third-order valence-electron chi connectivity index (χ3n) is 7.67. The van der Waals surface area contributed by atoms with Crippen LogP contribution in [0.5, 0.6) is 0 Å². The zero-order chi connectivity index (χ0) is 28.9. The first-order valence-electron chi connectivity index (χ1n) is 14.3. The van der Waals surface area contributed by atoms with Crippen LogP contribution in [-0.4, -0.2) is 56.5 Å². The number of anilines is 2. The number of hydrogen-bond donors (Lipinski definition) is 1. The summed E-state index contributed by atoms with van der Waals surface area (Å²) in [6, 6.07) is 27.0. The van der Waals surface area contributed by atoms with E-state index in [9.17, 15) is 4.79 Å². The Kier molecular flexibility index (Phi) is 7.94. The predicted octanol–water partition coefficient (Wildman–Crippen LogP) is 5.08. The average molecular weight is 563 g/mol. The molecule has 1 aliphatic heterocycles. The number of tetrazole rings is 1. The second-order valence-corrected chi connectivity index (χ2v) is 10.4. The van der Waals surface area contributed by atoms with Gasteiger partial charge in [-0.15, -0.1) is 5.10 Å². The number of unbranched alkanes of at least 4 members (excludes halogenated alkanes) is 1. The van der Waals surface area contributed by atoms with E-state index in [0.29, 0.717) is 25.6 Å². The topological polar surface area (TPSA) is 105 Å². The van der Waals surface area contributed by atoms with Crippen LogP contribution in [0.3, 0.4) is 0 Å². The number of aromatic amines is 1. The molecule has 0 amide bonds. The molecule has 5 aromatic rings. The van der Waals surface area contributed by atoms with Gasteiger partial charge in [0, 0.05) is 24.2 Å². The van der Waals surface area contributed by atoms with Gasteiger partial charge in [0.2, 0.25) is 0 Å². The molecular formula is C32H34N8O2. The second-order valence-electron chi connectivity index (χ2n) is 10.4. The van der Waals surface area contributed by atoms with Crippen molar-refractivity contribution in [1.82, 2.24) is 30.2 Å². The molecule has 0 saturated carbocycles. The van der Waals surface area contributed by atoms with E-state index in [4.69, 9.17) is 9.72 Å². The fourth-order valence-electron chi connectivity index (χ4n) is 5.49. The molecule has 1 N–H and O–H groups in total. The molecule has 42 heavy (non-hydrogen) atoms. The summed E-state index contributed by atoms with van der Waals surface area (Å²) in [5, 5.41) is 14.5. The Morgan fingerprint density at radius 3 is 2.45 bits per heavy atom.